The van der Waals surface area contributed by atoms with Crippen molar-refractivity contribution in [3.63, 3.8) is 0 Å². The third kappa shape index (κ3) is 6.19. The molecular formula is C15H29N3O4S. The summed E-state index contributed by atoms with van der Waals surface area (Å²) in [6, 6.07) is -1.30. The molecule has 0 aromatic heterocycles. The van der Waals surface area contributed by atoms with Crippen LogP contribution in [0, 0.1) is 5.92 Å². The first kappa shape index (κ1) is 20.1. The van der Waals surface area contributed by atoms with Gasteiger partial charge in [0.25, 0.3) is 0 Å². The smallest absolute Gasteiger partial charge is 0.237 e. The predicted octanol–water partition coefficient (Wildman–Crippen LogP) is 0.249. The standard InChI is InChI=1S/C15H29N3O4S/c1-4-8-23(21,22)18-7-5-6-13(14(19)10-18)17-15(20)12(16)9-11(2)3/h11-13H,4-10,16H2,1-3H3,(H,17,20)/t12-,13?/m0/s1. The van der Waals surface area contributed by atoms with Crippen LogP contribution >= 0.6 is 0 Å². The SMILES string of the molecule is CCCS(=O)(=O)N1CCCC(NC(=O)[C@@H](N)CC(C)C)C(=O)C1. The fourth-order valence-corrected chi connectivity index (χ4v) is 4.17. The van der Waals surface area contributed by atoms with E-state index in [1.165, 1.54) is 4.31 Å². The van der Waals surface area contributed by atoms with E-state index in [0.29, 0.717) is 32.2 Å². The maximum absolute atomic E-state index is 12.3. The van der Waals surface area contributed by atoms with Gasteiger partial charge in [-0.3, -0.25) is 9.59 Å². The van der Waals surface area contributed by atoms with E-state index in [0.717, 1.165) is 0 Å². The van der Waals surface area contributed by atoms with Gasteiger partial charge in [0.1, 0.15) is 0 Å². The number of nitrogens with zero attached hydrogens (tertiary/aromatic N) is 1. The second-order valence-electron chi connectivity index (χ2n) is 6.56. The van der Waals surface area contributed by atoms with E-state index in [9.17, 15) is 18.0 Å². The van der Waals surface area contributed by atoms with Crippen LogP contribution in [0.2, 0.25) is 0 Å². The number of amides is 1. The van der Waals surface area contributed by atoms with E-state index < -0.39 is 22.1 Å². The Morgan fingerprint density at radius 1 is 1.43 bits per heavy atom. The summed E-state index contributed by atoms with van der Waals surface area (Å²) in [5.41, 5.74) is 5.83. The summed E-state index contributed by atoms with van der Waals surface area (Å²) >= 11 is 0. The summed E-state index contributed by atoms with van der Waals surface area (Å²) in [7, 11) is -3.40. The van der Waals surface area contributed by atoms with Crippen LogP contribution in [0.5, 0.6) is 0 Å². The van der Waals surface area contributed by atoms with Crippen molar-refractivity contribution in [2.45, 2.75) is 58.5 Å². The number of ketones is 1. The molecule has 1 unspecified atom stereocenters. The first-order valence-corrected chi connectivity index (χ1v) is 9.84. The second-order valence-corrected chi connectivity index (χ2v) is 8.64. The highest BCUT2D eigenvalue weighted by atomic mass is 32.2. The van der Waals surface area contributed by atoms with Crippen LogP contribution < -0.4 is 11.1 Å². The molecule has 0 aliphatic carbocycles. The molecule has 134 valence electrons. The molecule has 1 aliphatic heterocycles. The normalized spacial score (nSPS) is 22.0. The number of rotatable bonds is 7. The van der Waals surface area contributed by atoms with Crippen molar-refractivity contribution in [1.82, 2.24) is 9.62 Å². The maximum atomic E-state index is 12.3. The molecule has 0 saturated carbocycles. The minimum absolute atomic E-state index is 0.0383. The van der Waals surface area contributed by atoms with Gasteiger partial charge in [-0.2, -0.15) is 4.31 Å². The number of carbonyl (C=O) groups is 2. The zero-order chi connectivity index (χ0) is 17.6. The van der Waals surface area contributed by atoms with Gasteiger partial charge in [-0.05, 0) is 31.6 Å². The number of hydrogen-bond donors (Lipinski definition) is 2. The van der Waals surface area contributed by atoms with Gasteiger partial charge in [0.2, 0.25) is 15.9 Å². The average Bonchev–Trinajstić information content (AvgIpc) is 2.61. The first-order chi connectivity index (χ1) is 10.7. The Hall–Kier alpha value is -0.990. The molecule has 0 radical (unpaired) electrons. The highest BCUT2D eigenvalue weighted by molar-refractivity contribution is 7.89. The molecule has 0 aromatic carbocycles. The molecule has 1 rings (SSSR count). The van der Waals surface area contributed by atoms with Crippen LogP contribution in [-0.4, -0.2) is 55.3 Å². The van der Waals surface area contributed by atoms with E-state index in [1.807, 2.05) is 13.8 Å². The van der Waals surface area contributed by atoms with Gasteiger partial charge in [0.05, 0.1) is 24.4 Å². The molecule has 3 N–H and O–H groups in total. The van der Waals surface area contributed by atoms with Crippen LogP contribution in [0.3, 0.4) is 0 Å². The Morgan fingerprint density at radius 2 is 2.09 bits per heavy atom. The summed E-state index contributed by atoms with van der Waals surface area (Å²) in [4.78, 5) is 24.4. The molecule has 0 bridgehead atoms. The van der Waals surface area contributed by atoms with Gasteiger partial charge in [0.15, 0.2) is 5.78 Å². The lowest BCUT2D eigenvalue weighted by Crippen LogP contribution is -2.50. The van der Waals surface area contributed by atoms with Gasteiger partial charge in [-0.25, -0.2) is 8.42 Å². The molecule has 1 saturated heterocycles. The number of hydrogen-bond acceptors (Lipinski definition) is 5. The Balaban J connectivity index is 2.67. The number of nitrogens with one attached hydrogen (secondary N) is 1. The highest BCUT2D eigenvalue weighted by Gasteiger charge is 2.32. The van der Waals surface area contributed by atoms with Crippen LogP contribution in [-0.2, 0) is 19.6 Å². The summed E-state index contributed by atoms with van der Waals surface area (Å²) in [6.07, 6.45) is 2.04. The van der Waals surface area contributed by atoms with E-state index in [2.05, 4.69) is 5.32 Å². The lowest BCUT2D eigenvalue weighted by atomic mass is 10.0. The van der Waals surface area contributed by atoms with Gasteiger partial charge >= 0.3 is 0 Å². The Kier molecular flexibility index (Phi) is 7.63. The van der Waals surface area contributed by atoms with E-state index in [4.69, 9.17) is 5.73 Å². The van der Waals surface area contributed by atoms with Gasteiger partial charge in [-0.1, -0.05) is 20.8 Å². The Morgan fingerprint density at radius 3 is 2.65 bits per heavy atom. The van der Waals surface area contributed by atoms with Crippen molar-refractivity contribution >= 4 is 21.7 Å². The topological polar surface area (TPSA) is 110 Å². The predicted molar refractivity (Wildman–Crippen MR) is 89.3 cm³/mol. The third-order valence-corrected chi connectivity index (χ3v) is 5.88. The number of sulfonamides is 1. The lowest BCUT2D eigenvalue weighted by molar-refractivity contribution is -0.128. The minimum atomic E-state index is -3.40. The number of nitrogens with two attached hydrogens (primary N) is 1. The number of carbonyl (C=O) groups excluding carboxylic acids is 2. The van der Waals surface area contributed by atoms with Crippen LogP contribution in [0.4, 0.5) is 0 Å². The van der Waals surface area contributed by atoms with E-state index in [-0.39, 0.29) is 29.9 Å². The number of Topliss-reactive ketones (excluding diaryl/α,β-unsaturated/α-hetero) is 1. The highest BCUT2D eigenvalue weighted by Crippen LogP contribution is 2.14. The van der Waals surface area contributed by atoms with Crippen molar-refractivity contribution in [3.05, 3.63) is 0 Å². The van der Waals surface area contributed by atoms with Crippen molar-refractivity contribution < 1.29 is 18.0 Å². The molecule has 23 heavy (non-hydrogen) atoms. The van der Waals surface area contributed by atoms with Gasteiger partial charge in [-0.15, -0.1) is 0 Å². The summed E-state index contributed by atoms with van der Waals surface area (Å²) in [5, 5.41) is 2.68. The van der Waals surface area contributed by atoms with E-state index >= 15 is 0 Å². The second kappa shape index (κ2) is 8.75. The third-order valence-electron chi connectivity index (χ3n) is 3.86. The molecular weight excluding hydrogens is 318 g/mol. The van der Waals surface area contributed by atoms with Gasteiger partial charge < -0.3 is 11.1 Å². The Labute approximate surface area is 139 Å². The van der Waals surface area contributed by atoms with E-state index in [1.54, 1.807) is 6.92 Å². The molecule has 1 heterocycles. The van der Waals surface area contributed by atoms with Crippen LogP contribution in [0.15, 0.2) is 0 Å². The summed E-state index contributed by atoms with van der Waals surface area (Å²) < 4.78 is 25.5. The molecule has 8 heteroatoms. The summed E-state index contributed by atoms with van der Waals surface area (Å²) in [5.74, 6) is -0.291. The molecule has 2 atom stereocenters. The molecule has 1 fully saturated rings. The van der Waals surface area contributed by atoms with Crippen LogP contribution in [0.25, 0.3) is 0 Å². The largest absolute Gasteiger partial charge is 0.345 e. The van der Waals surface area contributed by atoms with Crippen molar-refractivity contribution in [2.75, 3.05) is 18.8 Å². The summed E-state index contributed by atoms with van der Waals surface area (Å²) in [6.45, 7) is 5.88. The molecule has 0 aromatic rings. The fraction of sp³-hybridized carbons (Fsp3) is 0.867. The van der Waals surface area contributed by atoms with Crippen LogP contribution in [0.1, 0.15) is 46.5 Å². The zero-order valence-electron chi connectivity index (χ0n) is 14.2. The van der Waals surface area contributed by atoms with Gasteiger partial charge in [0, 0.05) is 6.54 Å². The molecule has 0 spiro atoms. The zero-order valence-corrected chi connectivity index (χ0v) is 15.1. The monoisotopic (exact) mass is 347 g/mol. The van der Waals surface area contributed by atoms with Crippen molar-refractivity contribution in [3.8, 4) is 0 Å². The molecule has 7 nitrogen and oxygen atoms in total. The fourth-order valence-electron chi connectivity index (χ4n) is 2.67. The minimum Gasteiger partial charge on any atom is -0.345 e. The quantitative estimate of drug-likeness (QED) is 0.686. The van der Waals surface area contributed by atoms with Crippen molar-refractivity contribution in [2.24, 2.45) is 11.7 Å². The maximum Gasteiger partial charge on any atom is 0.237 e. The first-order valence-electron chi connectivity index (χ1n) is 8.23. The Bertz CT molecular complexity index is 519. The van der Waals surface area contributed by atoms with Crippen molar-refractivity contribution in [1.29, 1.82) is 0 Å². The molecule has 1 amide bonds. The average molecular weight is 347 g/mol. The lowest BCUT2D eigenvalue weighted by Gasteiger charge is -2.20. The molecule has 1 aliphatic rings.